The van der Waals surface area contributed by atoms with Gasteiger partial charge < -0.3 is 15.2 Å². The molecule has 0 bridgehead atoms. The Bertz CT molecular complexity index is 1220. The monoisotopic (exact) mass is 525 g/mol. The van der Waals surface area contributed by atoms with Crippen molar-refractivity contribution in [3.8, 4) is 0 Å². The molecule has 2 N–H and O–H groups in total. The SMILES string of the molecule is C=CCn1c(SCC(=O)Nc2cc(C)cc(C)c2)nnc1[C@H](CC(C)C)NC(=O)c1ccccc1Cl. The fourth-order valence-corrected chi connectivity index (χ4v) is 4.90. The van der Waals surface area contributed by atoms with Gasteiger partial charge in [-0.05, 0) is 61.6 Å². The molecule has 0 aliphatic rings. The number of carbonyl (C=O) groups excluding carboxylic acids is 2. The summed E-state index contributed by atoms with van der Waals surface area (Å²) in [6, 6.07) is 12.5. The third-order valence-corrected chi connectivity index (χ3v) is 6.63. The standard InChI is InChI=1S/C27H32ClN5O2S/c1-6-11-33-25(23(12-17(2)3)30-26(35)21-9-7-8-10-22(21)28)31-32-27(33)36-16-24(34)29-20-14-18(4)13-19(5)15-20/h6-10,13-15,17,23H,1,11-12,16H2,2-5H3,(H,29,34)(H,30,35)/t23-/m0/s1. The molecule has 0 fully saturated rings. The Balaban J connectivity index is 1.78. The summed E-state index contributed by atoms with van der Waals surface area (Å²) in [5.74, 6) is 0.659. The molecule has 2 amide bonds. The minimum atomic E-state index is -0.389. The number of aromatic nitrogens is 3. The van der Waals surface area contributed by atoms with Crippen molar-refractivity contribution < 1.29 is 9.59 Å². The van der Waals surface area contributed by atoms with Gasteiger partial charge in [0.25, 0.3) is 5.91 Å². The van der Waals surface area contributed by atoms with E-state index in [0.29, 0.717) is 34.5 Å². The zero-order valence-corrected chi connectivity index (χ0v) is 22.6. The molecule has 9 heteroatoms. The minimum Gasteiger partial charge on any atom is -0.342 e. The maximum atomic E-state index is 13.0. The summed E-state index contributed by atoms with van der Waals surface area (Å²) >= 11 is 7.53. The molecule has 0 aliphatic heterocycles. The highest BCUT2D eigenvalue weighted by molar-refractivity contribution is 7.99. The van der Waals surface area contributed by atoms with Gasteiger partial charge in [-0.2, -0.15) is 0 Å². The third kappa shape index (κ3) is 7.45. The normalized spacial score (nSPS) is 11.8. The van der Waals surface area contributed by atoms with Crippen LogP contribution in [-0.4, -0.2) is 32.3 Å². The van der Waals surface area contributed by atoms with E-state index in [1.54, 1.807) is 30.3 Å². The van der Waals surface area contributed by atoms with Crippen molar-refractivity contribution in [3.63, 3.8) is 0 Å². The van der Waals surface area contributed by atoms with E-state index in [9.17, 15) is 9.59 Å². The zero-order valence-electron chi connectivity index (χ0n) is 21.0. The summed E-state index contributed by atoms with van der Waals surface area (Å²) in [6.45, 7) is 12.4. The largest absolute Gasteiger partial charge is 0.342 e. The van der Waals surface area contributed by atoms with Crippen LogP contribution in [-0.2, 0) is 11.3 Å². The Kier molecular flexibility index (Phi) is 9.73. The Morgan fingerprint density at radius 1 is 1.14 bits per heavy atom. The Labute approximate surface area is 221 Å². The number of hydrogen-bond acceptors (Lipinski definition) is 5. The predicted octanol–water partition coefficient (Wildman–Crippen LogP) is 5.98. The first kappa shape index (κ1) is 27.5. The summed E-state index contributed by atoms with van der Waals surface area (Å²) in [7, 11) is 0. The molecular formula is C27H32ClN5O2S. The molecule has 0 aliphatic carbocycles. The third-order valence-electron chi connectivity index (χ3n) is 5.34. The molecule has 7 nitrogen and oxygen atoms in total. The van der Waals surface area contributed by atoms with Crippen molar-refractivity contribution in [2.75, 3.05) is 11.1 Å². The lowest BCUT2D eigenvalue weighted by Crippen LogP contribution is -2.32. The van der Waals surface area contributed by atoms with Crippen molar-refractivity contribution in [3.05, 3.63) is 82.7 Å². The summed E-state index contributed by atoms with van der Waals surface area (Å²) < 4.78 is 1.89. The number of allylic oxidation sites excluding steroid dienone is 1. The molecule has 36 heavy (non-hydrogen) atoms. The summed E-state index contributed by atoms with van der Waals surface area (Å²) in [4.78, 5) is 25.6. The number of amides is 2. The van der Waals surface area contributed by atoms with Crippen molar-refractivity contribution in [1.82, 2.24) is 20.1 Å². The fourth-order valence-electron chi connectivity index (χ4n) is 3.92. The van der Waals surface area contributed by atoms with Crippen LogP contribution in [0.4, 0.5) is 5.69 Å². The van der Waals surface area contributed by atoms with Gasteiger partial charge in [0, 0.05) is 12.2 Å². The molecule has 3 aromatic rings. The second-order valence-corrected chi connectivity index (χ2v) is 10.4. The maximum Gasteiger partial charge on any atom is 0.253 e. The van der Waals surface area contributed by atoms with Crippen molar-refractivity contribution in [1.29, 1.82) is 0 Å². The number of rotatable bonds is 11. The van der Waals surface area contributed by atoms with Gasteiger partial charge in [0.05, 0.1) is 22.4 Å². The van der Waals surface area contributed by atoms with Crippen LogP contribution in [0.5, 0.6) is 0 Å². The van der Waals surface area contributed by atoms with E-state index in [1.165, 1.54) is 11.8 Å². The average molecular weight is 526 g/mol. The van der Waals surface area contributed by atoms with Crippen LogP contribution in [0, 0.1) is 19.8 Å². The van der Waals surface area contributed by atoms with Crippen LogP contribution in [0.15, 0.2) is 60.3 Å². The molecule has 2 aromatic carbocycles. The molecule has 0 unspecified atom stereocenters. The van der Waals surface area contributed by atoms with E-state index in [0.717, 1.165) is 16.8 Å². The molecule has 0 spiro atoms. The van der Waals surface area contributed by atoms with E-state index >= 15 is 0 Å². The Morgan fingerprint density at radius 3 is 2.47 bits per heavy atom. The molecule has 1 heterocycles. The van der Waals surface area contributed by atoms with E-state index in [4.69, 9.17) is 11.6 Å². The molecule has 3 rings (SSSR count). The highest BCUT2D eigenvalue weighted by Gasteiger charge is 2.25. The first-order valence-corrected chi connectivity index (χ1v) is 13.1. The van der Waals surface area contributed by atoms with Gasteiger partial charge in [0.15, 0.2) is 11.0 Å². The second-order valence-electron chi connectivity index (χ2n) is 9.09. The van der Waals surface area contributed by atoms with E-state index in [-0.39, 0.29) is 29.5 Å². The van der Waals surface area contributed by atoms with Crippen LogP contribution in [0.25, 0.3) is 0 Å². The number of aryl methyl sites for hydroxylation is 2. The van der Waals surface area contributed by atoms with Gasteiger partial charge >= 0.3 is 0 Å². The van der Waals surface area contributed by atoms with Gasteiger partial charge in [0.2, 0.25) is 5.91 Å². The minimum absolute atomic E-state index is 0.134. The van der Waals surface area contributed by atoms with Gasteiger partial charge in [-0.15, -0.1) is 16.8 Å². The average Bonchev–Trinajstić information content (AvgIpc) is 3.19. The lowest BCUT2D eigenvalue weighted by molar-refractivity contribution is -0.113. The predicted molar refractivity (Wildman–Crippen MR) is 147 cm³/mol. The Hall–Kier alpha value is -3.10. The number of anilines is 1. The maximum absolute atomic E-state index is 13.0. The molecule has 0 saturated carbocycles. The van der Waals surface area contributed by atoms with Gasteiger partial charge in [-0.25, -0.2) is 0 Å². The summed E-state index contributed by atoms with van der Waals surface area (Å²) in [5.41, 5.74) is 3.35. The quantitative estimate of drug-likeness (QED) is 0.237. The topological polar surface area (TPSA) is 88.9 Å². The fraction of sp³-hybridized carbons (Fsp3) is 0.333. The number of thioether (sulfide) groups is 1. The molecule has 190 valence electrons. The highest BCUT2D eigenvalue weighted by Crippen LogP contribution is 2.26. The molecular weight excluding hydrogens is 494 g/mol. The zero-order chi connectivity index (χ0) is 26.2. The lowest BCUT2D eigenvalue weighted by atomic mass is 10.0. The van der Waals surface area contributed by atoms with Crippen LogP contribution >= 0.6 is 23.4 Å². The number of nitrogens with one attached hydrogen (secondary N) is 2. The van der Waals surface area contributed by atoms with Crippen molar-refractivity contribution in [2.45, 2.75) is 51.9 Å². The molecule has 0 radical (unpaired) electrons. The van der Waals surface area contributed by atoms with Gasteiger partial charge in [-0.1, -0.05) is 61.5 Å². The number of carbonyl (C=O) groups is 2. The van der Waals surface area contributed by atoms with Gasteiger partial charge in [-0.3, -0.25) is 9.59 Å². The number of halogens is 1. The van der Waals surface area contributed by atoms with Crippen molar-refractivity contribution in [2.24, 2.45) is 5.92 Å². The number of hydrogen-bond donors (Lipinski definition) is 2. The number of nitrogens with zero attached hydrogens (tertiary/aromatic N) is 3. The second kappa shape index (κ2) is 12.7. The van der Waals surface area contributed by atoms with Crippen LogP contribution in [0.1, 0.15) is 53.6 Å². The molecule has 0 saturated heterocycles. The first-order valence-electron chi connectivity index (χ1n) is 11.8. The van der Waals surface area contributed by atoms with Crippen LogP contribution in [0.2, 0.25) is 5.02 Å². The van der Waals surface area contributed by atoms with E-state index < -0.39 is 0 Å². The van der Waals surface area contributed by atoms with E-state index in [1.807, 2.05) is 30.5 Å². The van der Waals surface area contributed by atoms with Crippen molar-refractivity contribution >= 4 is 40.9 Å². The highest BCUT2D eigenvalue weighted by atomic mass is 35.5. The summed E-state index contributed by atoms with van der Waals surface area (Å²) in [5, 5.41) is 15.7. The summed E-state index contributed by atoms with van der Waals surface area (Å²) in [6.07, 6.45) is 2.40. The first-order chi connectivity index (χ1) is 17.2. The van der Waals surface area contributed by atoms with Crippen LogP contribution in [0.3, 0.4) is 0 Å². The van der Waals surface area contributed by atoms with Crippen LogP contribution < -0.4 is 10.6 Å². The Morgan fingerprint density at radius 2 is 1.83 bits per heavy atom. The number of benzene rings is 2. The molecule has 1 atom stereocenters. The molecule has 1 aromatic heterocycles. The smallest absolute Gasteiger partial charge is 0.253 e. The lowest BCUT2D eigenvalue weighted by Gasteiger charge is -2.21. The van der Waals surface area contributed by atoms with E-state index in [2.05, 4.69) is 47.3 Å². The van der Waals surface area contributed by atoms with Gasteiger partial charge in [0.1, 0.15) is 0 Å².